The number of esters is 2. The Morgan fingerprint density at radius 2 is 1.87 bits per heavy atom. The molecule has 2 aromatic rings. The molecule has 30 heavy (non-hydrogen) atoms. The third-order valence-electron chi connectivity index (χ3n) is 4.27. The molecule has 0 aliphatic carbocycles. The van der Waals surface area contributed by atoms with Crippen molar-refractivity contribution in [3.63, 3.8) is 0 Å². The number of nitrogens with zero attached hydrogens (tertiary/aromatic N) is 1. The van der Waals surface area contributed by atoms with E-state index in [0.717, 1.165) is 10.6 Å². The largest absolute Gasteiger partial charge is 0.497 e. The quantitative estimate of drug-likeness (QED) is 0.537. The lowest BCUT2D eigenvalue weighted by Crippen LogP contribution is -2.40. The molecule has 0 radical (unpaired) electrons. The number of carbonyl (C=O) groups is 2. The van der Waals surface area contributed by atoms with Gasteiger partial charge in [-0.25, -0.2) is 9.78 Å². The molecule has 1 aromatic carbocycles. The molecule has 0 bridgehead atoms. The van der Waals surface area contributed by atoms with E-state index >= 15 is 0 Å². The first-order valence-corrected chi connectivity index (χ1v) is 10.5. The van der Waals surface area contributed by atoms with Gasteiger partial charge >= 0.3 is 11.9 Å². The summed E-state index contributed by atoms with van der Waals surface area (Å²) >= 11 is 1.27. The van der Waals surface area contributed by atoms with Gasteiger partial charge in [0.2, 0.25) is 0 Å². The summed E-state index contributed by atoms with van der Waals surface area (Å²) in [5, 5.41) is 3.92. The molecule has 0 spiro atoms. The van der Waals surface area contributed by atoms with E-state index in [1.165, 1.54) is 11.3 Å². The second-order valence-electron chi connectivity index (χ2n) is 6.30. The lowest BCUT2D eigenvalue weighted by Gasteiger charge is -2.19. The van der Waals surface area contributed by atoms with Crippen LogP contribution in [0.25, 0.3) is 0 Å². The SMILES string of the molecule is CCOC(=O)c1sc(C)nc1CNC(Cc1ccc(OC)cc1OC)C(=O)OCC. The molecular weight excluding hydrogens is 408 g/mol. The van der Waals surface area contributed by atoms with E-state index < -0.39 is 12.0 Å². The van der Waals surface area contributed by atoms with Crippen molar-refractivity contribution in [1.82, 2.24) is 10.3 Å². The number of hydrogen-bond donors (Lipinski definition) is 1. The summed E-state index contributed by atoms with van der Waals surface area (Å²) in [5.41, 5.74) is 1.37. The Morgan fingerprint density at radius 3 is 2.50 bits per heavy atom. The highest BCUT2D eigenvalue weighted by Gasteiger charge is 2.24. The summed E-state index contributed by atoms with van der Waals surface area (Å²) in [5.74, 6) is 0.472. The van der Waals surface area contributed by atoms with Crippen LogP contribution in [0.5, 0.6) is 11.5 Å². The van der Waals surface area contributed by atoms with Crippen molar-refractivity contribution in [2.24, 2.45) is 0 Å². The van der Waals surface area contributed by atoms with E-state index in [0.29, 0.717) is 28.5 Å². The average Bonchev–Trinajstić information content (AvgIpc) is 3.12. The summed E-state index contributed by atoms with van der Waals surface area (Å²) in [7, 11) is 3.14. The number of aryl methyl sites for hydroxylation is 1. The van der Waals surface area contributed by atoms with Crippen LogP contribution in [-0.2, 0) is 27.2 Å². The highest BCUT2D eigenvalue weighted by molar-refractivity contribution is 7.13. The zero-order chi connectivity index (χ0) is 22.1. The molecule has 0 aliphatic rings. The minimum atomic E-state index is -0.649. The van der Waals surface area contributed by atoms with Gasteiger partial charge in [-0.3, -0.25) is 10.1 Å². The summed E-state index contributed by atoms with van der Waals surface area (Å²) in [6.45, 7) is 6.10. The summed E-state index contributed by atoms with van der Waals surface area (Å²) in [4.78, 5) is 29.6. The van der Waals surface area contributed by atoms with Crippen molar-refractivity contribution in [3.05, 3.63) is 39.3 Å². The number of aromatic nitrogens is 1. The van der Waals surface area contributed by atoms with E-state index in [1.54, 1.807) is 34.1 Å². The normalized spacial score (nSPS) is 11.6. The minimum absolute atomic E-state index is 0.223. The van der Waals surface area contributed by atoms with Gasteiger partial charge in [0.05, 0.1) is 38.1 Å². The van der Waals surface area contributed by atoms with Gasteiger partial charge in [0, 0.05) is 19.0 Å². The van der Waals surface area contributed by atoms with Gasteiger partial charge in [-0.05, 0) is 32.4 Å². The Hall–Kier alpha value is -2.65. The number of hydrogen-bond acceptors (Lipinski definition) is 9. The number of nitrogens with one attached hydrogen (secondary N) is 1. The molecule has 1 aromatic heterocycles. The lowest BCUT2D eigenvalue weighted by molar-refractivity contribution is -0.145. The Kier molecular flexibility index (Phi) is 9.07. The van der Waals surface area contributed by atoms with Crippen molar-refractivity contribution in [2.75, 3.05) is 27.4 Å². The van der Waals surface area contributed by atoms with Crippen LogP contribution in [0.2, 0.25) is 0 Å². The zero-order valence-corrected chi connectivity index (χ0v) is 18.8. The Morgan fingerprint density at radius 1 is 1.13 bits per heavy atom. The molecule has 0 aliphatic heterocycles. The number of methoxy groups -OCH3 is 2. The van der Waals surface area contributed by atoms with Crippen LogP contribution < -0.4 is 14.8 Å². The van der Waals surface area contributed by atoms with Crippen LogP contribution in [-0.4, -0.2) is 50.4 Å². The first-order valence-electron chi connectivity index (χ1n) is 9.67. The molecule has 9 heteroatoms. The Balaban J connectivity index is 2.21. The molecule has 1 unspecified atom stereocenters. The van der Waals surface area contributed by atoms with Crippen LogP contribution in [0, 0.1) is 6.92 Å². The Bertz CT molecular complexity index is 867. The van der Waals surface area contributed by atoms with E-state index in [-0.39, 0.29) is 25.7 Å². The number of rotatable bonds is 11. The second-order valence-corrected chi connectivity index (χ2v) is 7.50. The monoisotopic (exact) mass is 436 g/mol. The van der Waals surface area contributed by atoms with Crippen LogP contribution in [0.15, 0.2) is 18.2 Å². The van der Waals surface area contributed by atoms with Gasteiger partial charge < -0.3 is 18.9 Å². The summed E-state index contributed by atoms with van der Waals surface area (Å²) in [6.07, 6.45) is 0.337. The van der Waals surface area contributed by atoms with Crippen LogP contribution in [0.3, 0.4) is 0 Å². The maximum absolute atomic E-state index is 12.6. The van der Waals surface area contributed by atoms with Gasteiger partial charge in [0.1, 0.15) is 22.4 Å². The molecule has 1 atom stereocenters. The third kappa shape index (κ3) is 6.17. The average molecular weight is 437 g/mol. The van der Waals surface area contributed by atoms with Crippen molar-refractivity contribution in [3.8, 4) is 11.5 Å². The Labute approximate surface area is 180 Å². The zero-order valence-electron chi connectivity index (χ0n) is 17.9. The molecular formula is C21H28N2O6S. The lowest BCUT2D eigenvalue weighted by atomic mass is 10.0. The molecule has 2 rings (SSSR count). The number of benzene rings is 1. The standard InChI is InChI=1S/C21H28N2O6S/c1-6-28-20(24)16(10-14-8-9-15(26-4)11-18(14)27-5)22-12-17-19(21(25)29-7-2)30-13(3)23-17/h8-9,11,16,22H,6-7,10,12H2,1-5H3. The smallest absolute Gasteiger partial charge is 0.350 e. The van der Waals surface area contributed by atoms with Gasteiger partial charge in [0.15, 0.2) is 0 Å². The molecule has 0 saturated carbocycles. The fraction of sp³-hybridized carbons (Fsp3) is 0.476. The first-order chi connectivity index (χ1) is 14.4. The topological polar surface area (TPSA) is 96.0 Å². The molecule has 0 amide bonds. The van der Waals surface area contributed by atoms with Gasteiger partial charge in [-0.15, -0.1) is 11.3 Å². The van der Waals surface area contributed by atoms with E-state index in [1.807, 2.05) is 19.1 Å². The highest BCUT2D eigenvalue weighted by Crippen LogP contribution is 2.26. The predicted molar refractivity (Wildman–Crippen MR) is 113 cm³/mol. The molecule has 8 nitrogen and oxygen atoms in total. The molecule has 0 saturated heterocycles. The van der Waals surface area contributed by atoms with E-state index in [4.69, 9.17) is 18.9 Å². The highest BCUT2D eigenvalue weighted by atomic mass is 32.1. The van der Waals surface area contributed by atoms with Crippen LogP contribution in [0.1, 0.15) is 39.8 Å². The van der Waals surface area contributed by atoms with Gasteiger partial charge in [0.25, 0.3) is 0 Å². The van der Waals surface area contributed by atoms with E-state index in [2.05, 4.69) is 10.3 Å². The number of carbonyl (C=O) groups excluding carboxylic acids is 2. The van der Waals surface area contributed by atoms with Crippen LogP contribution in [0.4, 0.5) is 0 Å². The fourth-order valence-electron chi connectivity index (χ4n) is 2.89. The van der Waals surface area contributed by atoms with Crippen molar-refractivity contribution in [2.45, 2.75) is 39.8 Å². The van der Waals surface area contributed by atoms with Gasteiger partial charge in [-0.2, -0.15) is 0 Å². The van der Waals surface area contributed by atoms with E-state index in [9.17, 15) is 9.59 Å². The predicted octanol–water partition coefficient (Wildman–Crippen LogP) is 2.91. The molecule has 0 fully saturated rings. The summed E-state index contributed by atoms with van der Waals surface area (Å²) in [6, 6.07) is 4.77. The van der Waals surface area contributed by atoms with Gasteiger partial charge in [-0.1, -0.05) is 6.07 Å². The van der Waals surface area contributed by atoms with Crippen molar-refractivity contribution in [1.29, 1.82) is 0 Å². The maximum atomic E-state index is 12.6. The molecule has 1 heterocycles. The minimum Gasteiger partial charge on any atom is -0.497 e. The number of ether oxygens (including phenoxy) is 4. The molecule has 164 valence electrons. The van der Waals surface area contributed by atoms with Crippen molar-refractivity contribution >= 4 is 23.3 Å². The second kappa shape index (κ2) is 11.5. The molecule has 1 N–H and O–H groups in total. The number of thiazole rings is 1. The third-order valence-corrected chi connectivity index (χ3v) is 5.26. The first kappa shape index (κ1) is 23.6. The summed E-state index contributed by atoms with van der Waals surface area (Å²) < 4.78 is 21.0. The van der Waals surface area contributed by atoms with Crippen LogP contribution >= 0.6 is 11.3 Å². The fourth-order valence-corrected chi connectivity index (χ4v) is 3.72. The van der Waals surface area contributed by atoms with Crippen molar-refractivity contribution < 1.29 is 28.5 Å². The maximum Gasteiger partial charge on any atom is 0.350 e.